The van der Waals surface area contributed by atoms with Crippen LogP contribution in [0.25, 0.3) is 0 Å². The van der Waals surface area contributed by atoms with Gasteiger partial charge in [-0.2, -0.15) is 9.98 Å². The number of aryl methyl sites for hydroxylation is 1. The third kappa shape index (κ3) is 6.13. The zero-order valence-corrected chi connectivity index (χ0v) is 19.8. The Hall–Kier alpha value is -1.80. The quantitative estimate of drug-likeness (QED) is 0.486. The number of hydrogen-bond acceptors (Lipinski definition) is 5. The minimum Gasteiger partial charge on any atom is -0.369 e. The standard InChI is InChI=1S/C21H27Cl2N7.ClH/c1-14-12-19(30-10-6-16(7-11-30)29-8-2-3-9-29)27-21(25-14)28-20(24)26-15-4-5-17(22)18(23)13-15;/h4-5,12-13,16H,2-3,6-11H2,1H3,(H3,24,25,26,27,28);1H. The third-order valence-electron chi connectivity index (χ3n) is 5.69. The van der Waals surface area contributed by atoms with E-state index in [9.17, 15) is 0 Å². The lowest BCUT2D eigenvalue weighted by Gasteiger charge is -2.37. The zero-order chi connectivity index (χ0) is 21.1. The summed E-state index contributed by atoms with van der Waals surface area (Å²) in [5, 5.41) is 3.93. The Labute approximate surface area is 199 Å². The van der Waals surface area contributed by atoms with Gasteiger partial charge in [-0.25, -0.2) is 4.98 Å². The molecule has 0 bridgehead atoms. The monoisotopic (exact) mass is 483 g/mol. The van der Waals surface area contributed by atoms with Crippen molar-refractivity contribution in [1.82, 2.24) is 14.9 Å². The molecular formula is C21H28Cl3N7. The van der Waals surface area contributed by atoms with Crippen LogP contribution in [-0.4, -0.2) is 53.0 Å². The third-order valence-corrected chi connectivity index (χ3v) is 6.43. The van der Waals surface area contributed by atoms with Crippen LogP contribution in [0.3, 0.4) is 0 Å². The van der Waals surface area contributed by atoms with E-state index in [-0.39, 0.29) is 18.4 Å². The summed E-state index contributed by atoms with van der Waals surface area (Å²) in [4.78, 5) is 18.4. The van der Waals surface area contributed by atoms with Crippen LogP contribution in [0, 0.1) is 6.92 Å². The Kier molecular flexibility index (Phi) is 8.22. The number of nitrogens with one attached hydrogen (secondary N) is 1. The number of aliphatic imine (C=N–C) groups is 1. The molecule has 1 aromatic heterocycles. The molecule has 2 saturated heterocycles. The highest BCUT2D eigenvalue weighted by atomic mass is 35.5. The van der Waals surface area contributed by atoms with Crippen molar-refractivity contribution in [3.63, 3.8) is 0 Å². The molecule has 2 fully saturated rings. The Morgan fingerprint density at radius 2 is 1.77 bits per heavy atom. The Bertz CT molecular complexity index is 923. The second-order valence-corrected chi connectivity index (χ2v) is 8.69. The minimum absolute atomic E-state index is 0. The predicted octanol–water partition coefficient (Wildman–Crippen LogP) is 4.64. The number of anilines is 2. The van der Waals surface area contributed by atoms with Crippen molar-refractivity contribution in [2.45, 2.75) is 38.6 Å². The smallest absolute Gasteiger partial charge is 0.254 e. The van der Waals surface area contributed by atoms with E-state index < -0.39 is 0 Å². The molecule has 7 nitrogen and oxygen atoms in total. The molecule has 4 rings (SSSR count). The molecule has 0 amide bonds. The fraction of sp³-hybridized carbons (Fsp3) is 0.476. The summed E-state index contributed by atoms with van der Waals surface area (Å²) in [6, 6.07) is 7.89. The number of rotatable bonds is 4. The summed E-state index contributed by atoms with van der Waals surface area (Å²) in [5.74, 6) is 1.44. The van der Waals surface area contributed by atoms with Crippen molar-refractivity contribution >= 4 is 59.0 Å². The molecule has 0 saturated carbocycles. The molecule has 3 heterocycles. The van der Waals surface area contributed by atoms with Gasteiger partial charge in [-0.3, -0.25) is 0 Å². The average molecular weight is 485 g/mol. The van der Waals surface area contributed by atoms with E-state index in [4.69, 9.17) is 28.9 Å². The highest BCUT2D eigenvalue weighted by Crippen LogP contribution is 2.26. The lowest BCUT2D eigenvalue weighted by atomic mass is 10.0. The van der Waals surface area contributed by atoms with Gasteiger partial charge in [0.2, 0.25) is 5.96 Å². The van der Waals surface area contributed by atoms with Crippen molar-refractivity contribution in [2.24, 2.45) is 10.7 Å². The largest absolute Gasteiger partial charge is 0.369 e. The molecule has 0 unspecified atom stereocenters. The number of nitrogens with two attached hydrogens (primary N) is 1. The number of benzene rings is 1. The molecule has 0 aliphatic carbocycles. The van der Waals surface area contributed by atoms with Crippen molar-refractivity contribution in [3.05, 3.63) is 40.0 Å². The molecule has 168 valence electrons. The van der Waals surface area contributed by atoms with E-state index in [0.717, 1.165) is 24.6 Å². The lowest BCUT2D eigenvalue weighted by Crippen LogP contribution is -2.44. The number of halogens is 3. The first kappa shape index (κ1) is 23.9. The van der Waals surface area contributed by atoms with E-state index in [2.05, 4.69) is 30.1 Å². The molecule has 1 aromatic carbocycles. The van der Waals surface area contributed by atoms with E-state index in [1.54, 1.807) is 18.2 Å². The lowest BCUT2D eigenvalue weighted by molar-refractivity contribution is 0.207. The fourth-order valence-corrected chi connectivity index (χ4v) is 4.47. The summed E-state index contributed by atoms with van der Waals surface area (Å²) in [6.07, 6.45) is 5.01. The normalized spacial score (nSPS) is 18.2. The number of hydrogen-bond donors (Lipinski definition) is 2. The SMILES string of the molecule is Cc1cc(N2CCC(N3CCCC3)CC2)nc(/N=C(\N)Nc2ccc(Cl)c(Cl)c2)n1.Cl. The van der Waals surface area contributed by atoms with Crippen LogP contribution in [-0.2, 0) is 0 Å². The maximum Gasteiger partial charge on any atom is 0.254 e. The van der Waals surface area contributed by atoms with Crippen LogP contribution >= 0.6 is 35.6 Å². The van der Waals surface area contributed by atoms with Crippen LogP contribution in [0.5, 0.6) is 0 Å². The summed E-state index contributed by atoms with van der Waals surface area (Å²) in [5.41, 5.74) is 7.62. The van der Waals surface area contributed by atoms with Crippen LogP contribution in [0.15, 0.2) is 29.3 Å². The van der Waals surface area contributed by atoms with Crippen molar-refractivity contribution < 1.29 is 0 Å². The Morgan fingerprint density at radius 1 is 1.06 bits per heavy atom. The Balaban J connectivity index is 0.00000272. The summed E-state index contributed by atoms with van der Waals surface area (Å²) < 4.78 is 0. The van der Waals surface area contributed by atoms with Crippen molar-refractivity contribution in [3.8, 4) is 0 Å². The minimum atomic E-state index is 0. The molecule has 2 aromatic rings. The molecule has 10 heteroatoms. The second kappa shape index (κ2) is 10.7. The van der Waals surface area contributed by atoms with Gasteiger partial charge in [0.15, 0.2) is 0 Å². The van der Waals surface area contributed by atoms with Crippen LogP contribution in [0.2, 0.25) is 10.0 Å². The molecule has 0 radical (unpaired) electrons. The van der Waals surface area contributed by atoms with Crippen LogP contribution < -0.4 is 16.0 Å². The zero-order valence-electron chi connectivity index (χ0n) is 17.5. The van der Waals surface area contributed by atoms with Crippen LogP contribution in [0.1, 0.15) is 31.4 Å². The topological polar surface area (TPSA) is 82.7 Å². The van der Waals surface area contributed by atoms with Gasteiger partial charge in [-0.15, -0.1) is 12.4 Å². The van der Waals surface area contributed by atoms with Crippen molar-refractivity contribution in [1.29, 1.82) is 0 Å². The highest BCUT2D eigenvalue weighted by molar-refractivity contribution is 6.42. The van der Waals surface area contributed by atoms with Gasteiger partial charge in [-0.05, 0) is 63.9 Å². The fourth-order valence-electron chi connectivity index (χ4n) is 4.17. The van der Waals surface area contributed by atoms with E-state index in [1.165, 1.54) is 38.8 Å². The maximum absolute atomic E-state index is 6.06. The predicted molar refractivity (Wildman–Crippen MR) is 131 cm³/mol. The number of piperidine rings is 1. The first-order chi connectivity index (χ1) is 14.5. The molecule has 2 aliphatic heterocycles. The Morgan fingerprint density at radius 3 is 2.45 bits per heavy atom. The highest BCUT2D eigenvalue weighted by Gasteiger charge is 2.27. The van der Waals surface area contributed by atoms with Crippen LogP contribution in [0.4, 0.5) is 17.5 Å². The maximum atomic E-state index is 6.06. The average Bonchev–Trinajstić information content (AvgIpc) is 3.25. The molecular weight excluding hydrogens is 457 g/mol. The van der Waals surface area contributed by atoms with Gasteiger partial charge < -0.3 is 20.9 Å². The number of guanidine groups is 1. The second-order valence-electron chi connectivity index (χ2n) is 7.88. The van der Waals surface area contributed by atoms with Gasteiger partial charge in [0, 0.05) is 36.6 Å². The van der Waals surface area contributed by atoms with Gasteiger partial charge in [0.05, 0.1) is 10.0 Å². The van der Waals surface area contributed by atoms with E-state index in [1.807, 2.05) is 13.0 Å². The molecule has 2 aliphatic rings. The first-order valence-corrected chi connectivity index (χ1v) is 11.1. The number of likely N-dealkylation sites (tertiary alicyclic amines) is 1. The van der Waals surface area contributed by atoms with Gasteiger partial charge in [-0.1, -0.05) is 23.2 Å². The first-order valence-electron chi connectivity index (χ1n) is 10.4. The number of aromatic nitrogens is 2. The molecule has 31 heavy (non-hydrogen) atoms. The molecule has 0 atom stereocenters. The van der Waals surface area contributed by atoms with Gasteiger partial charge >= 0.3 is 0 Å². The summed E-state index contributed by atoms with van der Waals surface area (Å²) in [6.45, 7) is 6.45. The van der Waals surface area contributed by atoms with E-state index >= 15 is 0 Å². The molecule has 0 spiro atoms. The summed E-state index contributed by atoms with van der Waals surface area (Å²) >= 11 is 12.0. The van der Waals surface area contributed by atoms with Gasteiger partial charge in [0.25, 0.3) is 5.95 Å². The van der Waals surface area contributed by atoms with Crippen molar-refractivity contribution in [2.75, 3.05) is 36.4 Å². The van der Waals surface area contributed by atoms with E-state index in [0.29, 0.717) is 27.7 Å². The summed E-state index contributed by atoms with van der Waals surface area (Å²) in [7, 11) is 0. The molecule has 3 N–H and O–H groups in total. The van der Waals surface area contributed by atoms with Gasteiger partial charge in [0.1, 0.15) is 5.82 Å². The number of nitrogens with zero attached hydrogens (tertiary/aromatic N) is 5.